The van der Waals surface area contributed by atoms with E-state index in [2.05, 4.69) is 29.4 Å². The molecule has 1 aliphatic rings. The van der Waals surface area contributed by atoms with Crippen LogP contribution in [0.25, 0.3) is 0 Å². The van der Waals surface area contributed by atoms with Gasteiger partial charge < -0.3 is 5.32 Å². The number of aromatic nitrogens is 1. The zero-order valence-electron chi connectivity index (χ0n) is 17.2. The van der Waals surface area contributed by atoms with Gasteiger partial charge in [-0.2, -0.15) is 4.31 Å². The second-order valence-electron chi connectivity index (χ2n) is 7.61. The lowest BCUT2D eigenvalue weighted by atomic mass is 9.97. The fraction of sp³-hybridized carbons (Fsp3) is 0.455. The van der Waals surface area contributed by atoms with Gasteiger partial charge in [0, 0.05) is 30.9 Å². The monoisotopic (exact) mass is 449 g/mol. The number of carbonyl (C=O) groups is 1. The molecule has 8 heteroatoms. The van der Waals surface area contributed by atoms with Crippen LogP contribution in [-0.4, -0.2) is 36.7 Å². The topological polar surface area (TPSA) is 79.4 Å². The maximum absolute atomic E-state index is 12.8. The highest BCUT2D eigenvalue weighted by molar-refractivity contribution is 7.89. The molecule has 1 fully saturated rings. The molecule has 0 aliphatic carbocycles. The summed E-state index contributed by atoms with van der Waals surface area (Å²) in [5, 5.41) is 2.93. The van der Waals surface area contributed by atoms with Gasteiger partial charge in [-0.25, -0.2) is 13.4 Å². The van der Waals surface area contributed by atoms with Crippen molar-refractivity contribution in [1.29, 1.82) is 0 Å². The SMILES string of the molecule is CCCCCc1ccc(NC(=O)C2CCN(S(=O)(=O)c3cccnc3Cl)CC2)cc1. The van der Waals surface area contributed by atoms with Crippen LogP contribution in [-0.2, 0) is 21.2 Å². The van der Waals surface area contributed by atoms with Crippen LogP contribution in [0.4, 0.5) is 5.69 Å². The first kappa shape index (κ1) is 22.7. The predicted molar refractivity (Wildman–Crippen MR) is 119 cm³/mol. The molecule has 1 saturated heterocycles. The van der Waals surface area contributed by atoms with Gasteiger partial charge in [-0.3, -0.25) is 4.79 Å². The van der Waals surface area contributed by atoms with E-state index in [0.29, 0.717) is 12.8 Å². The normalized spacial score (nSPS) is 15.8. The van der Waals surface area contributed by atoms with Crippen molar-refractivity contribution < 1.29 is 13.2 Å². The van der Waals surface area contributed by atoms with Gasteiger partial charge in [-0.15, -0.1) is 0 Å². The first-order chi connectivity index (χ1) is 14.4. The first-order valence-electron chi connectivity index (χ1n) is 10.4. The molecule has 6 nitrogen and oxygen atoms in total. The summed E-state index contributed by atoms with van der Waals surface area (Å²) in [5.74, 6) is -0.282. The fourth-order valence-electron chi connectivity index (χ4n) is 3.64. The van der Waals surface area contributed by atoms with E-state index >= 15 is 0 Å². The van der Waals surface area contributed by atoms with Gasteiger partial charge in [0.25, 0.3) is 0 Å². The molecule has 0 bridgehead atoms. The van der Waals surface area contributed by atoms with E-state index in [4.69, 9.17) is 11.6 Å². The summed E-state index contributed by atoms with van der Waals surface area (Å²) in [4.78, 5) is 16.5. The average molecular weight is 450 g/mol. The van der Waals surface area contributed by atoms with E-state index in [9.17, 15) is 13.2 Å². The maximum atomic E-state index is 12.8. The summed E-state index contributed by atoms with van der Waals surface area (Å²) < 4.78 is 27.0. The molecule has 2 aromatic rings. The Morgan fingerprint density at radius 2 is 1.87 bits per heavy atom. The number of hydrogen-bond donors (Lipinski definition) is 1. The summed E-state index contributed by atoms with van der Waals surface area (Å²) in [6.07, 6.45) is 7.04. The number of nitrogens with zero attached hydrogens (tertiary/aromatic N) is 2. The molecule has 0 spiro atoms. The summed E-state index contributed by atoms with van der Waals surface area (Å²) in [6, 6.07) is 11.0. The standard InChI is InChI=1S/C22H28ClN3O3S/c1-2-3-4-6-17-8-10-19(11-9-17)25-22(27)18-12-15-26(16-13-18)30(28,29)20-7-5-14-24-21(20)23/h5,7-11,14,18H,2-4,6,12-13,15-16H2,1H3,(H,25,27). The maximum Gasteiger partial charge on any atom is 0.246 e. The Balaban J connectivity index is 1.53. The third-order valence-electron chi connectivity index (χ3n) is 5.46. The summed E-state index contributed by atoms with van der Waals surface area (Å²) in [7, 11) is -3.71. The number of benzene rings is 1. The lowest BCUT2D eigenvalue weighted by Crippen LogP contribution is -2.41. The number of aryl methyl sites for hydroxylation is 1. The Bertz CT molecular complexity index is 956. The summed E-state index contributed by atoms with van der Waals surface area (Å²) >= 11 is 5.96. The molecule has 0 radical (unpaired) electrons. The Morgan fingerprint density at radius 3 is 2.50 bits per heavy atom. The van der Waals surface area contributed by atoms with Crippen LogP contribution in [0.5, 0.6) is 0 Å². The molecule has 0 atom stereocenters. The van der Waals surface area contributed by atoms with Gasteiger partial charge in [-0.05, 0) is 55.5 Å². The number of sulfonamides is 1. The first-order valence-corrected chi connectivity index (χ1v) is 12.2. The summed E-state index contributed by atoms with van der Waals surface area (Å²) in [5.41, 5.74) is 2.05. The van der Waals surface area contributed by atoms with Crippen LogP contribution in [0.3, 0.4) is 0 Å². The lowest BCUT2D eigenvalue weighted by Gasteiger charge is -2.30. The quantitative estimate of drug-likeness (QED) is 0.475. The minimum atomic E-state index is -3.71. The summed E-state index contributed by atoms with van der Waals surface area (Å²) in [6.45, 7) is 2.75. The highest BCUT2D eigenvalue weighted by atomic mass is 35.5. The van der Waals surface area contributed by atoms with E-state index in [-0.39, 0.29) is 35.0 Å². The van der Waals surface area contributed by atoms with Gasteiger partial charge in [0.2, 0.25) is 15.9 Å². The van der Waals surface area contributed by atoms with Gasteiger partial charge in [0.1, 0.15) is 10.0 Å². The van der Waals surface area contributed by atoms with Crippen LogP contribution < -0.4 is 5.32 Å². The minimum Gasteiger partial charge on any atom is -0.326 e. The zero-order valence-corrected chi connectivity index (χ0v) is 18.8. The zero-order chi connectivity index (χ0) is 21.6. The van der Waals surface area contributed by atoms with Gasteiger partial charge in [0.15, 0.2) is 0 Å². The Hall–Kier alpha value is -1.96. The van der Waals surface area contributed by atoms with Crippen molar-refractivity contribution >= 4 is 33.2 Å². The van der Waals surface area contributed by atoms with Crippen molar-refractivity contribution in [2.45, 2.75) is 50.3 Å². The Labute approximate surface area is 183 Å². The molecule has 0 saturated carbocycles. The Kier molecular flexibility index (Phi) is 7.86. The number of amides is 1. The van der Waals surface area contributed by atoms with Crippen molar-refractivity contribution in [2.24, 2.45) is 5.92 Å². The number of piperidine rings is 1. The number of anilines is 1. The average Bonchev–Trinajstić information content (AvgIpc) is 2.75. The van der Waals surface area contributed by atoms with Gasteiger partial charge in [0.05, 0.1) is 0 Å². The number of pyridine rings is 1. The molecule has 162 valence electrons. The molecule has 1 aliphatic heterocycles. The van der Waals surface area contributed by atoms with E-state index in [1.54, 1.807) is 6.07 Å². The molecular weight excluding hydrogens is 422 g/mol. The fourth-order valence-corrected chi connectivity index (χ4v) is 5.54. The number of nitrogens with one attached hydrogen (secondary N) is 1. The van der Waals surface area contributed by atoms with Crippen LogP contribution >= 0.6 is 11.6 Å². The van der Waals surface area contributed by atoms with Crippen LogP contribution in [0.1, 0.15) is 44.6 Å². The van der Waals surface area contributed by atoms with Crippen molar-refractivity contribution in [3.05, 3.63) is 53.3 Å². The highest BCUT2D eigenvalue weighted by Crippen LogP contribution is 2.27. The minimum absolute atomic E-state index is 0.00796. The number of rotatable bonds is 8. The molecule has 30 heavy (non-hydrogen) atoms. The molecule has 2 heterocycles. The van der Waals surface area contributed by atoms with Crippen molar-refractivity contribution in [1.82, 2.24) is 9.29 Å². The van der Waals surface area contributed by atoms with Crippen LogP contribution in [0.15, 0.2) is 47.5 Å². The molecule has 1 N–H and O–H groups in total. The lowest BCUT2D eigenvalue weighted by molar-refractivity contribution is -0.120. The Morgan fingerprint density at radius 1 is 1.17 bits per heavy atom. The highest BCUT2D eigenvalue weighted by Gasteiger charge is 2.33. The van der Waals surface area contributed by atoms with Gasteiger partial charge in [-0.1, -0.05) is 43.5 Å². The number of halogens is 1. The third-order valence-corrected chi connectivity index (χ3v) is 7.80. The molecule has 3 rings (SSSR count). The predicted octanol–water partition coefficient (Wildman–Crippen LogP) is 4.51. The smallest absolute Gasteiger partial charge is 0.246 e. The van der Waals surface area contributed by atoms with E-state index in [0.717, 1.165) is 12.1 Å². The molecule has 1 aromatic heterocycles. The molecular formula is C22H28ClN3O3S. The largest absolute Gasteiger partial charge is 0.326 e. The third kappa shape index (κ3) is 5.59. The number of carbonyl (C=O) groups excluding carboxylic acids is 1. The van der Waals surface area contributed by atoms with Crippen molar-refractivity contribution in [3.63, 3.8) is 0 Å². The van der Waals surface area contributed by atoms with E-state index in [1.807, 2.05) is 12.1 Å². The number of unbranched alkanes of at least 4 members (excludes halogenated alkanes) is 2. The second kappa shape index (κ2) is 10.4. The van der Waals surface area contributed by atoms with Crippen LogP contribution in [0, 0.1) is 5.92 Å². The van der Waals surface area contributed by atoms with Crippen molar-refractivity contribution in [2.75, 3.05) is 18.4 Å². The number of hydrogen-bond acceptors (Lipinski definition) is 4. The van der Waals surface area contributed by atoms with Gasteiger partial charge >= 0.3 is 0 Å². The molecule has 0 unspecified atom stereocenters. The second-order valence-corrected chi connectivity index (χ2v) is 9.88. The molecule has 1 aromatic carbocycles. The van der Waals surface area contributed by atoms with E-state index in [1.165, 1.54) is 41.4 Å². The van der Waals surface area contributed by atoms with Crippen LogP contribution in [0.2, 0.25) is 5.15 Å². The van der Waals surface area contributed by atoms with Crippen molar-refractivity contribution in [3.8, 4) is 0 Å². The van der Waals surface area contributed by atoms with E-state index < -0.39 is 10.0 Å². The molecule has 1 amide bonds.